The smallest absolute Gasteiger partial charge is 0.167 e. The van der Waals surface area contributed by atoms with Gasteiger partial charge >= 0.3 is 0 Å². The maximum atomic E-state index is 9.29. The Balaban J connectivity index is 1.91. The molecule has 0 amide bonds. The van der Waals surface area contributed by atoms with Crippen LogP contribution in [0.2, 0.25) is 0 Å². The third-order valence-corrected chi connectivity index (χ3v) is 8.10. The Bertz CT molecular complexity index is 1020. The molecular weight excluding hydrogens is 474 g/mol. The van der Waals surface area contributed by atoms with Crippen molar-refractivity contribution in [3.8, 4) is 0 Å². The molecule has 1 saturated carbocycles. The summed E-state index contributed by atoms with van der Waals surface area (Å²) in [6, 6.07) is 8.04. The predicted molar refractivity (Wildman–Crippen MR) is 139 cm³/mol. The van der Waals surface area contributed by atoms with Gasteiger partial charge in [0.2, 0.25) is 0 Å². The lowest BCUT2D eigenvalue weighted by Crippen LogP contribution is -2.57. The van der Waals surface area contributed by atoms with Crippen LogP contribution in [0.5, 0.6) is 0 Å². The van der Waals surface area contributed by atoms with Crippen LogP contribution in [0.25, 0.3) is 31.3 Å². The lowest BCUT2D eigenvalue weighted by atomic mass is 9.77. The lowest BCUT2D eigenvalue weighted by molar-refractivity contribution is -0.273. The minimum absolute atomic E-state index is 0.0199. The molecule has 12 heteroatoms. The molecule has 5 unspecified atom stereocenters. The van der Waals surface area contributed by atoms with Gasteiger partial charge in [-0.1, -0.05) is 86.7 Å². The first-order valence-electron chi connectivity index (χ1n) is 12.9. The molecule has 0 bridgehead atoms. The van der Waals surface area contributed by atoms with E-state index in [0.29, 0.717) is 6.61 Å². The number of rotatable bonds is 10. The van der Waals surface area contributed by atoms with E-state index in [-0.39, 0.29) is 36.2 Å². The largest absolute Gasteiger partial charge is 0.373 e. The molecule has 3 rings (SSSR count). The van der Waals surface area contributed by atoms with Crippen molar-refractivity contribution in [1.82, 2.24) is 0 Å². The molecule has 0 aromatic heterocycles. The fourth-order valence-electron chi connectivity index (χ4n) is 5.59. The second-order valence-corrected chi connectivity index (χ2v) is 10.3. The Morgan fingerprint density at radius 2 is 1.54 bits per heavy atom. The Kier molecular flexibility index (Phi) is 10.5. The molecule has 12 nitrogen and oxygen atoms in total. The van der Waals surface area contributed by atoms with E-state index in [1.54, 1.807) is 0 Å². The number of benzene rings is 1. The lowest BCUT2D eigenvalue weighted by Gasteiger charge is -2.49. The summed E-state index contributed by atoms with van der Waals surface area (Å²) in [5, 5.41) is 12.0. The van der Waals surface area contributed by atoms with Gasteiger partial charge in [-0.25, -0.2) is 0 Å². The van der Waals surface area contributed by atoms with Gasteiger partial charge in [-0.05, 0) is 46.3 Å². The quantitative estimate of drug-likeness (QED) is 0.186. The third kappa shape index (κ3) is 6.67. The summed E-state index contributed by atoms with van der Waals surface area (Å²) in [7, 11) is 0. The van der Waals surface area contributed by atoms with Gasteiger partial charge in [-0.2, -0.15) is 0 Å². The van der Waals surface area contributed by atoms with Crippen LogP contribution in [-0.4, -0.2) is 42.7 Å². The highest BCUT2D eigenvalue weighted by Gasteiger charge is 2.49. The molecule has 1 saturated heterocycles. The summed E-state index contributed by atoms with van der Waals surface area (Å²) in [6.07, 6.45) is -0.757. The summed E-state index contributed by atoms with van der Waals surface area (Å²) in [5.74, 6) is 0.156. The summed E-state index contributed by atoms with van der Waals surface area (Å²) in [6.45, 7) is 10.7. The molecule has 0 N–H and O–H groups in total. The van der Waals surface area contributed by atoms with Gasteiger partial charge in [0, 0.05) is 20.7 Å². The molecular formula is C25H37N9O3. The first-order chi connectivity index (χ1) is 17.9. The Morgan fingerprint density at radius 1 is 0.919 bits per heavy atom. The van der Waals surface area contributed by atoms with Crippen molar-refractivity contribution in [1.29, 1.82) is 0 Å². The van der Waals surface area contributed by atoms with Crippen molar-refractivity contribution in [2.75, 3.05) is 0 Å². The fraction of sp³-hybridized carbons (Fsp3) is 0.760. The van der Waals surface area contributed by atoms with Gasteiger partial charge in [0.25, 0.3) is 0 Å². The average molecular weight is 512 g/mol. The zero-order valence-corrected chi connectivity index (χ0v) is 22.1. The Hall–Kier alpha value is -2.97. The zero-order chi connectivity index (χ0) is 26.9. The van der Waals surface area contributed by atoms with Crippen LogP contribution >= 0.6 is 0 Å². The van der Waals surface area contributed by atoms with Gasteiger partial charge in [0.15, 0.2) is 6.29 Å². The van der Waals surface area contributed by atoms with Gasteiger partial charge in [0.1, 0.15) is 0 Å². The van der Waals surface area contributed by atoms with E-state index in [0.717, 1.165) is 12.0 Å². The molecule has 0 radical (unpaired) electrons. The van der Waals surface area contributed by atoms with Gasteiger partial charge in [0.05, 0.1) is 43.0 Å². The zero-order valence-electron chi connectivity index (χ0n) is 22.1. The van der Waals surface area contributed by atoms with Crippen molar-refractivity contribution in [3.05, 3.63) is 67.2 Å². The van der Waals surface area contributed by atoms with Gasteiger partial charge < -0.3 is 14.2 Å². The van der Waals surface area contributed by atoms with Crippen LogP contribution in [0.1, 0.15) is 53.0 Å². The first-order valence-corrected chi connectivity index (χ1v) is 12.9. The van der Waals surface area contributed by atoms with E-state index in [4.69, 9.17) is 14.2 Å². The standard InChI is InChI=1S/C25H37N9O3/c1-6-14(2)22-16(4)15(3)21(31-34-28)25(36-22)37-24-17(5)23(35-13-18-10-8-7-9-11-18)19(29-32-26)12-20(24)30-33-27/h7-11,14-17,19-25H,6,12-13H2,1-5H3/t14?,15-,16-,17+,19?,20?,21-,22?,23-,24-,25?/m0/s1. The topological polar surface area (TPSA) is 174 Å². The normalized spacial score (nSPS) is 36.4. The maximum absolute atomic E-state index is 9.29. The monoisotopic (exact) mass is 511 g/mol. The molecule has 0 spiro atoms. The average Bonchev–Trinajstić information content (AvgIpc) is 2.90. The van der Waals surface area contributed by atoms with Crippen LogP contribution in [0.4, 0.5) is 0 Å². The minimum atomic E-state index is -0.810. The SMILES string of the molecule is CCC(C)C1OC(O[C@@H]2C(N=[N+]=[N-])CC(N=[N+]=[N-])[C@@H](OCc3ccccc3)[C@H]2C)[C@@H](N=[N+]=[N-])[C@@H](C)[C@@H]1C. The molecule has 37 heavy (non-hydrogen) atoms. The number of hydrogen-bond donors (Lipinski definition) is 0. The summed E-state index contributed by atoms with van der Waals surface area (Å²) in [4.78, 5) is 9.12. The van der Waals surface area contributed by atoms with Crippen LogP contribution in [0, 0.1) is 23.7 Å². The minimum Gasteiger partial charge on any atom is -0.373 e. The molecule has 1 aromatic carbocycles. The van der Waals surface area contributed by atoms with E-state index >= 15 is 0 Å². The maximum Gasteiger partial charge on any atom is 0.167 e. The summed E-state index contributed by atoms with van der Waals surface area (Å²) < 4.78 is 19.3. The van der Waals surface area contributed by atoms with Gasteiger partial charge in [-0.15, -0.1) is 0 Å². The molecule has 200 valence electrons. The third-order valence-electron chi connectivity index (χ3n) is 8.10. The first kappa shape index (κ1) is 28.6. The molecule has 2 fully saturated rings. The number of ether oxygens (including phenoxy) is 3. The second-order valence-electron chi connectivity index (χ2n) is 10.3. The highest BCUT2D eigenvalue weighted by Crippen LogP contribution is 2.41. The van der Waals surface area contributed by atoms with E-state index in [2.05, 4.69) is 57.8 Å². The number of azide groups is 3. The van der Waals surface area contributed by atoms with E-state index in [1.807, 2.05) is 37.3 Å². The fourth-order valence-corrected chi connectivity index (χ4v) is 5.59. The van der Waals surface area contributed by atoms with Crippen LogP contribution in [0.3, 0.4) is 0 Å². The molecule has 2 aliphatic rings. The van der Waals surface area contributed by atoms with E-state index < -0.39 is 36.6 Å². The number of hydrogen-bond acceptors (Lipinski definition) is 6. The second kappa shape index (κ2) is 13.5. The van der Waals surface area contributed by atoms with Crippen molar-refractivity contribution in [2.24, 2.45) is 39.0 Å². The molecule has 1 aliphatic carbocycles. The van der Waals surface area contributed by atoms with Crippen molar-refractivity contribution < 1.29 is 14.2 Å². The Labute approximate surface area is 217 Å². The van der Waals surface area contributed by atoms with E-state index in [1.165, 1.54) is 0 Å². The van der Waals surface area contributed by atoms with Crippen molar-refractivity contribution in [2.45, 2.75) is 96.8 Å². The summed E-state index contributed by atoms with van der Waals surface area (Å²) >= 11 is 0. The van der Waals surface area contributed by atoms with Crippen LogP contribution < -0.4 is 0 Å². The summed E-state index contributed by atoms with van der Waals surface area (Å²) in [5.41, 5.74) is 28.8. The highest BCUT2D eigenvalue weighted by molar-refractivity contribution is 5.13. The Morgan fingerprint density at radius 3 is 2.14 bits per heavy atom. The van der Waals surface area contributed by atoms with Gasteiger partial charge in [-0.3, -0.25) is 0 Å². The molecule has 11 atom stereocenters. The van der Waals surface area contributed by atoms with Crippen LogP contribution in [-0.2, 0) is 20.8 Å². The molecule has 1 heterocycles. The molecule has 1 aromatic rings. The van der Waals surface area contributed by atoms with E-state index in [9.17, 15) is 16.6 Å². The highest BCUT2D eigenvalue weighted by atomic mass is 16.7. The van der Waals surface area contributed by atoms with Crippen molar-refractivity contribution in [3.63, 3.8) is 0 Å². The van der Waals surface area contributed by atoms with Crippen LogP contribution in [0.15, 0.2) is 45.7 Å². The predicted octanol–water partition coefficient (Wildman–Crippen LogP) is 7.08. The number of nitrogens with zero attached hydrogens (tertiary/aromatic N) is 9. The molecule has 1 aliphatic heterocycles. The van der Waals surface area contributed by atoms with Crippen molar-refractivity contribution >= 4 is 0 Å².